The number of nitrogens with one attached hydrogen (secondary N) is 2. The first-order chi connectivity index (χ1) is 14.7. The Morgan fingerprint density at radius 3 is 2.58 bits per heavy atom. The number of non-ortho nitro benzene ring substituents is 1. The highest BCUT2D eigenvalue weighted by molar-refractivity contribution is 7.18. The summed E-state index contributed by atoms with van der Waals surface area (Å²) in [6.45, 7) is 2.77. The highest BCUT2D eigenvalue weighted by atomic mass is 32.1. The van der Waals surface area contributed by atoms with Gasteiger partial charge >= 0.3 is 5.97 Å². The minimum atomic E-state index is -0.730. The molecule has 0 radical (unpaired) electrons. The van der Waals surface area contributed by atoms with E-state index in [1.165, 1.54) is 30.5 Å². The molecule has 3 aromatic rings. The van der Waals surface area contributed by atoms with Gasteiger partial charge in [-0.25, -0.2) is 4.79 Å². The number of nitro groups is 1. The molecule has 0 spiro atoms. The van der Waals surface area contributed by atoms with Crippen LogP contribution in [0.2, 0.25) is 0 Å². The fourth-order valence-electron chi connectivity index (χ4n) is 2.57. The summed E-state index contributed by atoms with van der Waals surface area (Å²) in [5.74, 6) is -1.70. The van der Waals surface area contributed by atoms with Crippen molar-refractivity contribution in [2.45, 2.75) is 13.8 Å². The number of carbonyl (C=O) groups is 3. The number of amides is 2. The number of esters is 1. The van der Waals surface area contributed by atoms with E-state index < -0.39 is 29.3 Å². The van der Waals surface area contributed by atoms with Crippen LogP contribution in [-0.2, 0) is 9.53 Å². The number of furan rings is 1. The van der Waals surface area contributed by atoms with E-state index in [1.807, 2.05) is 0 Å². The number of carbonyl (C=O) groups excluding carboxylic acids is 3. The molecule has 0 aliphatic carbocycles. The molecule has 3 rings (SSSR count). The van der Waals surface area contributed by atoms with Crippen LogP contribution in [0.3, 0.4) is 0 Å². The molecule has 0 aliphatic heterocycles. The lowest BCUT2D eigenvalue weighted by molar-refractivity contribution is -0.384. The lowest BCUT2D eigenvalue weighted by Gasteiger charge is -2.08. The Balaban J connectivity index is 1.59. The first-order valence-corrected chi connectivity index (χ1v) is 9.73. The quantitative estimate of drug-likeness (QED) is 0.320. The van der Waals surface area contributed by atoms with E-state index in [4.69, 9.17) is 9.15 Å². The zero-order valence-corrected chi connectivity index (χ0v) is 17.3. The number of aryl methyl sites for hydroxylation is 2. The maximum atomic E-state index is 12.3. The molecule has 31 heavy (non-hydrogen) atoms. The van der Waals surface area contributed by atoms with Gasteiger partial charge in [-0.2, -0.15) is 0 Å². The van der Waals surface area contributed by atoms with Gasteiger partial charge in [0.15, 0.2) is 12.4 Å². The van der Waals surface area contributed by atoms with E-state index in [-0.39, 0.29) is 22.0 Å². The summed E-state index contributed by atoms with van der Waals surface area (Å²) in [4.78, 5) is 47.1. The normalized spacial score (nSPS) is 10.4. The number of thiophene rings is 1. The van der Waals surface area contributed by atoms with Gasteiger partial charge in [0.05, 0.1) is 21.9 Å². The van der Waals surface area contributed by atoms with Gasteiger partial charge in [0.2, 0.25) is 0 Å². The Kier molecular flexibility index (Phi) is 6.46. The smallest absolute Gasteiger partial charge is 0.349 e. The van der Waals surface area contributed by atoms with Crippen LogP contribution in [-0.4, -0.2) is 29.3 Å². The van der Waals surface area contributed by atoms with E-state index in [2.05, 4.69) is 10.6 Å². The van der Waals surface area contributed by atoms with Gasteiger partial charge in [-0.3, -0.25) is 19.7 Å². The molecule has 1 aromatic carbocycles. The number of benzene rings is 1. The third-order valence-electron chi connectivity index (χ3n) is 4.13. The van der Waals surface area contributed by atoms with Gasteiger partial charge in [0, 0.05) is 12.1 Å². The molecule has 2 amide bonds. The molecular weight excluding hydrogens is 426 g/mol. The van der Waals surface area contributed by atoms with Gasteiger partial charge in [-0.15, -0.1) is 11.3 Å². The molecule has 11 heteroatoms. The van der Waals surface area contributed by atoms with Gasteiger partial charge in [-0.1, -0.05) is 6.07 Å². The van der Waals surface area contributed by atoms with Crippen molar-refractivity contribution in [3.8, 4) is 0 Å². The molecule has 0 fully saturated rings. The molecule has 0 bridgehead atoms. The summed E-state index contributed by atoms with van der Waals surface area (Å²) in [6, 6.07) is 8.76. The fourth-order valence-corrected chi connectivity index (χ4v) is 3.53. The highest BCUT2D eigenvalue weighted by Gasteiger charge is 2.19. The van der Waals surface area contributed by atoms with Gasteiger partial charge in [0.25, 0.3) is 17.5 Å². The van der Waals surface area contributed by atoms with Crippen LogP contribution in [0, 0.1) is 24.0 Å². The highest BCUT2D eigenvalue weighted by Crippen LogP contribution is 2.28. The Morgan fingerprint density at radius 1 is 1.13 bits per heavy atom. The maximum Gasteiger partial charge on any atom is 0.349 e. The number of rotatable bonds is 7. The Morgan fingerprint density at radius 2 is 1.90 bits per heavy atom. The fraction of sp³-hybridized carbons (Fsp3) is 0.150. The number of ether oxygens (including phenoxy) is 1. The summed E-state index contributed by atoms with van der Waals surface area (Å²) in [6.07, 6.45) is 1.37. The first kappa shape index (κ1) is 21.7. The van der Waals surface area contributed by atoms with E-state index >= 15 is 0 Å². The molecule has 0 saturated carbocycles. The summed E-state index contributed by atoms with van der Waals surface area (Å²) >= 11 is 1.00. The molecule has 160 valence electrons. The molecule has 0 unspecified atom stereocenters. The second-order valence-electron chi connectivity index (χ2n) is 6.43. The summed E-state index contributed by atoms with van der Waals surface area (Å²) in [5, 5.41) is 16.4. The predicted octanol–water partition coefficient (Wildman–Crippen LogP) is 3.91. The van der Waals surface area contributed by atoms with Crippen LogP contribution in [0.5, 0.6) is 0 Å². The van der Waals surface area contributed by atoms with Gasteiger partial charge in [0.1, 0.15) is 4.88 Å². The van der Waals surface area contributed by atoms with Crippen LogP contribution in [0.1, 0.15) is 31.4 Å². The van der Waals surface area contributed by atoms with E-state index in [1.54, 1.807) is 26.0 Å². The number of hydrogen-bond donors (Lipinski definition) is 2. The van der Waals surface area contributed by atoms with Crippen molar-refractivity contribution in [3.05, 3.63) is 74.5 Å². The number of nitrogens with zero attached hydrogens (tertiary/aromatic N) is 1. The topological polar surface area (TPSA) is 141 Å². The van der Waals surface area contributed by atoms with Crippen LogP contribution in [0.4, 0.5) is 16.4 Å². The monoisotopic (exact) mass is 443 g/mol. The minimum Gasteiger partial charge on any atom is -0.459 e. The summed E-state index contributed by atoms with van der Waals surface area (Å²) < 4.78 is 10.1. The Bertz CT molecular complexity index is 1150. The average molecular weight is 443 g/mol. The van der Waals surface area contributed by atoms with Gasteiger partial charge in [-0.05, 0) is 43.2 Å². The van der Waals surface area contributed by atoms with Crippen molar-refractivity contribution in [2.24, 2.45) is 0 Å². The van der Waals surface area contributed by atoms with Crippen LogP contribution in [0.25, 0.3) is 0 Å². The molecule has 10 nitrogen and oxygen atoms in total. The van der Waals surface area contributed by atoms with Crippen molar-refractivity contribution >= 4 is 45.5 Å². The predicted molar refractivity (Wildman–Crippen MR) is 112 cm³/mol. The van der Waals surface area contributed by atoms with E-state index in [9.17, 15) is 24.5 Å². The SMILES string of the molecule is Cc1ccc([N+](=O)[O-])cc1NC(=O)COC(=O)c1sc(NC(=O)c2ccco2)cc1C. The van der Waals surface area contributed by atoms with Crippen molar-refractivity contribution < 1.29 is 28.5 Å². The zero-order valence-electron chi connectivity index (χ0n) is 16.5. The molecule has 2 heterocycles. The molecular formula is C20H17N3O7S. The lowest BCUT2D eigenvalue weighted by atomic mass is 10.2. The summed E-state index contributed by atoms with van der Waals surface area (Å²) in [7, 11) is 0. The minimum absolute atomic E-state index is 0.128. The molecule has 2 aromatic heterocycles. The Labute approximate surface area is 180 Å². The second-order valence-corrected chi connectivity index (χ2v) is 7.49. The number of nitro benzene ring substituents is 1. The van der Waals surface area contributed by atoms with Crippen LogP contribution < -0.4 is 10.6 Å². The molecule has 0 atom stereocenters. The molecule has 0 aliphatic rings. The maximum absolute atomic E-state index is 12.3. The van der Waals surface area contributed by atoms with Crippen molar-refractivity contribution in [3.63, 3.8) is 0 Å². The third-order valence-corrected chi connectivity index (χ3v) is 5.26. The van der Waals surface area contributed by atoms with Crippen LogP contribution in [0.15, 0.2) is 47.1 Å². The largest absolute Gasteiger partial charge is 0.459 e. The standard InChI is InChI=1S/C20H17N3O7S/c1-11-5-6-13(23(27)28)9-14(11)21-16(24)10-30-20(26)18-12(2)8-17(31-18)22-19(25)15-4-3-7-29-15/h3-9H,10H2,1-2H3,(H,21,24)(H,22,25). The van der Waals surface area contributed by atoms with E-state index in [0.717, 1.165) is 11.3 Å². The number of hydrogen-bond acceptors (Lipinski definition) is 8. The van der Waals surface area contributed by atoms with Gasteiger partial charge < -0.3 is 19.8 Å². The lowest BCUT2D eigenvalue weighted by Crippen LogP contribution is -2.21. The Hall–Kier alpha value is -3.99. The summed E-state index contributed by atoms with van der Waals surface area (Å²) in [5.41, 5.74) is 1.28. The van der Waals surface area contributed by atoms with Crippen molar-refractivity contribution in [1.82, 2.24) is 0 Å². The second kappa shape index (κ2) is 9.22. The molecule has 0 saturated heterocycles. The van der Waals surface area contributed by atoms with E-state index in [0.29, 0.717) is 16.1 Å². The first-order valence-electron chi connectivity index (χ1n) is 8.92. The van der Waals surface area contributed by atoms with Crippen LogP contribution >= 0.6 is 11.3 Å². The zero-order chi connectivity index (χ0) is 22.5. The third kappa shape index (κ3) is 5.34. The average Bonchev–Trinajstić information content (AvgIpc) is 3.37. The number of anilines is 2. The van der Waals surface area contributed by atoms with Crippen molar-refractivity contribution in [1.29, 1.82) is 0 Å². The molecule has 2 N–H and O–H groups in total. The van der Waals surface area contributed by atoms with Crippen molar-refractivity contribution in [2.75, 3.05) is 17.2 Å².